The van der Waals surface area contributed by atoms with E-state index < -0.39 is 47.0 Å². The molecule has 2 aromatic carbocycles. The van der Waals surface area contributed by atoms with E-state index in [1.54, 1.807) is 18.2 Å². The average molecular weight is 839 g/mol. The second-order valence-corrected chi connectivity index (χ2v) is 17.0. The highest BCUT2D eigenvalue weighted by Gasteiger charge is 2.45. The quantitative estimate of drug-likeness (QED) is 0.240. The first-order valence-electron chi connectivity index (χ1n) is 21.3. The summed E-state index contributed by atoms with van der Waals surface area (Å²) in [6, 6.07) is 13.5. The van der Waals surface area contributed by atoms with E-state index in [-0.39, 0.29) is 24.7 Å². The van der Waals surface area contributed by atoms with Crippen molar-refractivity contribution in [2.75, 3.05) is 60.9 Å². The van der Waals surface area contributed by atoms with Gasteiger partial charge < -0.3 is 20.0 Å². The molecule has 0 saturated carbocycles. The van der Waals surface area contributed by atoms with Crippen molar-refractivity contribution >= 4 is 46.7 Å². The minimum Gasteiger partial charge on any atom is -0.371 e. The number of anilines is 3. The van der Waals surface area contributed by atoms with Crippen molar-refractivity contribution in [1.29, 1.82) is 5.26 Å². The number of imide groups is 2. The van der Waals surface area contributed by atoms with Crippen LogP contribution in [0, 0.1) is 29.1 Å². The van der Waals surface area contributed by atoms with E-state index in [1.165, 1.54) is 12.1 Å². The lowest BCUT2D eigenvalue weighted by Crippen LogP contribution is -2.54. The predicted octanol–water partition coefficient (Wildman–Crippen LogP) is 5.79. The minimum atomic E-state index is -4.62. The topological polar surface area (TPSA) is 159 Å². The Hall–Kier alpha value is -5.82. The Morgan fingerprint density at radius 2 is 1.46 bits per heavy atom. The fraction of sp³-hybridized carbons (Fsp3) is 0.489. The third-order valence-electron chi connectivity index (χ3n) is 13.2. The summed E-state index contributed by atoms with van der Waals surface area (Å²) >= 11 is 0. The fourth-order valence-corrected chi connectivity index (χ4v) is 9.56. The fourth-order valence-electron chi connectivity index (χ4n) is 9.56. The molecule has 4 fully saturated rings. The number of benzene rings is 2. The van der Waals surface area contributed by atoms with Crippen LogP contribution in [0.15, 0.2) is 54.7 Å². The lowest BCUT2D eigenvalue weighted by Gasteiger charge is -2.38. The van der Waals surface area contributed by atoms with Crippen molar-refractivity contribution in [3.8, 4) is 6.07 Å². The Labute approximate surface area is 352 Å². The number of halogens is 3. The zero-order valence-electron chi connectivity index (χ0n) is 33.9. The van der Waals surface area contributed by atoms with Crippen molar-refractivity contribution < 1.29 is 37.1 Å². The molecule has 4 saturated heterocycles. The number of fused-ring (bicyclic) bond motifs is 1. The average Bonchev–Trinajstić information content (AvgIpc) is 3.51. The van der Waals surface area contributed by atoms with Crippen LogP contribution in [0.1, 0.15) is 95.2 Å². The lowest BCUT2D eigenvalue weighted by molar-refractivity contribution is -0.138. The van der Waals surface area contributed by atoms with Gasteiger partial charge in [0.15, 0.2) is 0 Å². The molecular formula is C45H49F3N8O5. The summed E-state index contributed by atoms with van der Waals surface area (Å²) in [5.41, 5.74) is 1.64. The van der Waals surface area contributed by atoms with E-state index in [1.807, 2.05) is 29.3 Å². The largest absolute Gasteiger partial charge is 0.417 e. The smallest absolute Gasteiger partial charge is 0.371 e. The summed E-state index contributed by atoms with van der Waals surface area (Å²) < 4.78 is 40.4. The number of rotatable bonds is 10. The summed E-state index contributed by atoms with van der Waals surface area (Å²) in [6.45, 7) is 5.77. The van der Waals surface area contributed by atoms with Crippen molar-refractivity contribution in [3.63, 3.8) is 0 Å². The van der Waals surface area contributed by atoms with Crippen molar-refractivity contribution in [2.45, 2.75) is 76.4 Å². The summed E-state index contributed by atoms with van der Waals surface area (Å²) in [5.74, 6) is -0.727. The molecule has 5 amide bonds. The maximum atomic E-state index is 13.5. The highest BCUT2D eigenvalue weighted by atomic mass is 19.4. The Morgan fingerprint density at radius 1 is 0.803 bits per heavy atom. The van der Waals surface area contributed by atoms with Crippen LogP contribution in [-0.2, 0) is 27.0 Å². The molecule has 6 heterocycles. The number of piperidine rings is 4. The highest BCUT2D eigenvalue weighted by Crippen LogP contribution is 2.36. The summed E-state index contributed by atoms with van der Waals surface area (Å²) in [4.78, 5) is 75.7. The van der Waals surface area contributed by atoms with E-state index in [2.05, 4.69) is 25.4 Å². The molecule has 3 aromatic rings. The monoisotopic (exact) mass is 838 g/mol. The van der Waals surface area contributed by atoms with Crippen LogP contribution in [0.25, 0.3) is 0 Å². The molecule has 2 N–H and O–H groups in total. The van der Waals surface area contributed by atoms with Crippen LogP contribution in [-0.4, -0.2) is 96.2 Å². The van der Waals surface area contributed by atoms with E-state index in [0.717, 1.165) is 93.5 Å². The van der Waals surface area contributed by atoms with Crippen molar-refractivity contribution in [1.82, 2.24) is 20.1 Å². The van der Waals surface area contributed by atoms with Gasteiger partial charge in [-0.15, -0.1) is 0 Å². The van der Waals surface area contributed by atoms with Crippen LogP contribution >= 0.6 is 0 Å². The maximum Gasteiger partial charge on any atom is 0.417 e. The second-order valence-electron chi connectivity index (χ2n) is 17.0. The third-order valence-corrected chi connectivity index (χ3v) is 13.2. The number of aromatic nitrogens is 1. The number of alkyl halides is 3. The molecule has 0 spiro atoms. The Kier molecular flexibility index (Phi) is 12.1. The van der Waals surface area contributed by atoms with Gasteiger partial charge in [-0.1, -0.05) is 6.07 Å². The van der Waals surface area contributed by atoms with Crippen LogP contribution in [0.2, 0.25) is 0 Å². The van der Waals surface area contributed by atoms with E-state index >= 15 is 0 Å². The zero-order chi connectivity index (χ0) is 42.8. The first kappa shape index (κ1) is 41.9. The van der Waals surface area contributed by atoms with Crippen LogP contribution in [0.3, 0.4) is 0 Å². The Bertz CT molecular complexity index is 2220. The SMILES string of the molecule is N#Cc1ccc(N2CCC(C(=O)Nc3ccc(CCC4CCN(CC5CCN(c6ccc7c(c6)C(=O)N(C6CCC(=O)NC6=O)C7=O)CC5)CC4)cn3)CC2)cc1C(F)(F)F. The Morgan fingerprint density at radius 3 is 2.11 bits per heavy atom. The Balaban J connectivity index is 0.728. The molecule has 0 bridgehead atoms. The molecule has 0 aliphatic carbocycles. The van der Waals surface area contributed by atoms with Gasteiger partial charge in [0.25, 0.3) is 11.8 Å². The number of carbonyl (C=O) groups excluding carboxylic acids is 5. The number of carbonyl (C=O) groups is 5. The number of likely N-dealkylation sites (tertiary alicyclic amines) is 1. The van der Waals surface area contributed by atoms with E-state index in [4.69, 9.17) is 5.26 Å². The molecular weight excluding hydrogens is 790 g/mol. The molecule has 1 aromatic heterocycles. The number of aryl methyl sites for hydroxylation is 1. The molecule has 320 valence electrons. The van der Waals surface area contributed by atoms with Crippen molar-refractivity contribution in [3.05, 3.63) is 82.5 Å². The second kappa shape index (κ2) is 17.6. The number of pyridine rings is 1. The predicted molar refractivity (Wildman–Crippen MR) is 219 cm³/mol. The molecule has 1 unspecified atom stereocenters. The molecule has 5 aliphatic rings. The summed E-state index contributed by atoms with van der Waals surface area (Å²) in [6.07, 6.45) is 4.73. The van der Waals surface area contributed by atoms with Gasteiger partial charge in [-0.3, -0.25) is 34.2 Å². The maximum absolute atomic E-state index is 13.5. The molecule has 0 radical (unpaired) electrons. The minimum absolute atomic E-state index is 0.0862. The number of hydrogen-bond acceptors (Lipinski definition) is 10. The normalized spacial score (nSPS) is 21.1. The number of nitriles is 1. The highest BCUT2D eigenvalue weighted by molar-refractivity contribution is 6.23. The first-order valence-corrected chi connectivity index (χ1v) is 21.3. The van der Waals surface area contributed by atoms with Crippen LogP contribution in [0.5, 0.6) is 0 Å². The van der Waals surface area contributed by atoms with E-state index in [9.17, 15) is 37.1 Å². The standard InChI is InChI=1S/C45H49F3N8O5/c46-45(47,48)37-24-34(5-4-32(37)25-49)55-21-15-31(16-22-55)41(58)51-39-9-3-29(26-50-39)2-1-28-11-17-53(18-12-28)27-30-13-19-54(20-14-30)33-6-7-35-36(23-33)44(61)56(43(35)60)38-8-10-40(57)52-42(38)59/h3-7,9,23-24,26,28,30-31,38H,1-2,8,10-22,27H2,(H,50,51,58)(H,52,57,59). The summed E-state index contributed by atoms with van der Waals surface area (Å²) in [5, 5.41) is 14.2. The number of nitrogens with zero attached hydrogens (tertiary/aromatic N) is 6. The molecule has 61 heavy (non-hydrogen) atoms. The van der Waals surface area contributed by atoms with Gasteiger partial charge in [-0.2, -0.15) is 18.4 Å². The van der Waals surface area contributed by atoms with Gasteiger partial charge in [0.2, 0.25) is 17.7 Å². The van der Waals surface area contributed by atoms with E-state index in [0.29, 0.717) is 60.4 Å². The zero-order valence-corrected chi connectivity index (χ0v) is 33.9. The number of hydrogen-bond donors (Lipinski definition) is 2. The number of amides is 5. The number of nitrogens with one attached hydrogen (secondary N) is 2. The van der Waals surface area contributed by atoms with Gasteiger partial charge in [0.05, 0.1) is 28.3 Å². The van der Waals surface area contributed by atoms with Gasteiger partial charge >= 0.3 is 6.18 Å². The first-order chi connectivity index (χ1) is 29.3. The van der Waals surface area contributed by atoms with Crippen molar-refractivity contribution in [2.24, 2.45) is 17.8 Å². The molecule has 1 atom stereocenters. The molecule has 16 heteroatoms. The third kappa shape index (κ3) is 9.27. The lowest BCUT2D eigenvalue weighted by atomic mass is 9.89. The van der Waals surface area contributed by atoms with Gasteiger partial charge in [-0.25, -0.2) is 4.98 Å². The van der Waals surface area contributed by atoms with Crippen LogP contribution < -0.4 is 20.4 Å². The molecule has 8 rings (SSSR count). The van der Waals surface area contributed by atoms with Gasteiger partial charge in [0.1, 0.15) is 11.9 Å². The van der Waals surface area contributed by atoms with Gasteiger partial charge in [-0.05, 0) is 131 Å². The molecule has 5 aliphatic heterocycles. The van der Waals surface area contributed by atoms with Gasteiger partial charge in [0, 0.05) is 62.6 Å². The summed E-state index contributed by atoms with van der Waals surface area (Å²) in [7, 11) is 0. The van der Waals surface area contributed by atoms with Crippen LogP contribution in [0.4, 0.5) is 30.4 Å². The molecule has 13 nitrogen and oxygen atoms in total.